The zero-order valence-corrected chi connectivity index (χ0v) is 10.9. The molecule has 0 spiro atoms. The van der Waals surface area contributed by atoms with Crippen molar-refractivity contribution in [3.8, 4) is 0 Å². The Morgan fingerprint density at radius 2 is 2.26 bits per heavy atom. The molecular formula is C13H16N4O2. The summed E-state index contributed by atoms with van der Waals surface area (Å²) < 4.78 is 1.84. The summed E-state index contributed by atoms with van der Waals surface area (Å²) in [6.45, 7) is 2.48. The first-order valence-electron chi connectivity index (χ1n) is 5.98. The summed E-state index contributed by atoms with van der Waals surface area (Å²) in [5.74, 6) is -0.0682. The van der Waals surface area contributed by atoms with Crippen molar-refractivity contribution in [3.05, 3.63) is 41.5 Å². The van der Waals surface area contributed by atoms with Gasteiger partial charge in [-0.05, 0) is 19.1 Å². The number of nitrogens with one attached hydrogen (secondary N) is 1. The number of hydrogen-bond acceptors (Lipinski definition) is 4. The van der Waals surface area contributed by atoms with Gasteiger partial charge in [-0.15, -0.1) is 10.2 Å². The number of benzene rings is 1. The van der Waals surface area contributed by atoms with Crippen LogP contribution >= 0.6 is 0 Å². The molecule has 0 radical (unpaired) electrons. The lowest BCUT2D eigenvalue weighted by atomic mass is 10.1. The van der Waals surface area contributed by atoms with Gasteiger partial charge in [0.25, 0.3) is 0 Å². The number of carboxylic acids is 1. The zero-order chi connectivity index (χ0) is 13.8. The molecule has 0 saturated heterocycles. The molecule has 0 fully saturated rings. The molecule has 2 rings (SSSR count). The molecule has 1 aromatic carbocycles. The Labute approximate surface area is 111 Å². The fraction of sp³-hybridized carbons (Fsp3) is 0.308. The van der Waals surface area contributed by atoms with Gasteiger partial charge in [0, 0.05) is 25.7 Å². The SMILES string of the molecule is Cc1ccc(NCCc2nncn2C)c(C(=O)O)c1. The Hall–Kier alpha value is -2.37. The van der Waals surface area contributed by atoms with Gasteiger partial charge in [0.05, 0.1) is 5.56 Å². The Balaban J connectivity index is 2.03. The molecule has 1 heterocycles. The van der Waals surface area contributed by atoms with Gasteiger partial charge < -0.3 is 15.0 Å². The van der Waals surface area contributed by atoms with Crippen molar-refractivity contribution in [2.24, 2.45) is 7.05 Å². The topological polar surface area (TPSA) is 80.0 Å². The number of aromatic carboxylic acids is 1. The van der Waals surface area contributed by atoms with Gasteiger partial charge in [-0.3, -0.25) is 0 Å². The molecule has 1 aromatic heterocycles. The molecule has 0 atom stereocenters. The summed E-state index contributed by atoms with van der Waals surface area (Å²) in [7, 11) is 1.88. The number of carboxylic acid groups (broad SMARTS) is 1. The average molecular weight is 260 g/mol. The Bertz CT molecular complexity index is 592. The van der Waals surface area contributed by atoms with E-state index < -0.39 is 5.97 Å². The normalized spacial score (nSPS) is 10.4. The molecule has 6 heteroatoms. The highest BCUT2D eigenvalue weighted by Gasteiger charge is 2.10. The van der Waals surface area contributed by atoms with Crippen LogP contribution in [0.15, 0.2) is 24.5 Å². The maximum Gasteiger partial charge on any atom is 0.337 e. The maximum atomic E-state index is 11.2. The molecule has 0 unspecified atom stereocenters. The molecule has 0 aliphatic heterocycles. The largest absolute Gasteiger partial charge is 0.478 e. The van der Waals surface area contributed by atoms with E-state index in [9.17, 15) is 4.79 Å². The van der Waals surface area contributed by atoms with E-state index in [1.54, 1.807) is 18.5 Å². The standard InChI is InChI=1S/C13H16N4O2/c1-9-3-4-11(10(7-9)13(18)19)14-6-5-12-16-15-8-17(12)2/h3-4,7-8,14H,5-6H2,1-2H3,(H,18,19). The third-order valence-corrected chi connectivity index (χ3v) is 2.87. The third-order valence-electron chi connectivity index (χ3n) is 2.87. The van der Waals surface area contributed by atoms with Crippen LogP contribution < -0.4 is 5.32 Å². The monoisotopic (exact) mass is 260 g/mol. The van der Waals surface area contributed by atoms with Crippen molar-refractivity contribution < 1.29 is 9.90 Å². The van der Waals surface area contributed by atoms with Crippen molar-refractivity contribution in [2.75, 3.05) is 11.9 Å². The molecule has 2 N–H and O–H groups in total. The van der Waals surface area contributed by atoms with Crippen LogP contribution in [0.4, 0.5) is 5.69 Å². The highest BCUT2D eigenvalue weighted by atomic mass is 16.4. The lowest BCUT2D eigenvalue weighted by Gasteiger charge is -2.10. The Morgan fingerprint density at radius 1 is 1.47 bits per heavy atom. The third kappa shape index (κ3) is 3.09. The number of carbonyl (C=O) groups is 1. The number of nitrogens with zero attached hydrogens (tertiary/aromatic N) is 3. The number of anilines is 1. The van der Waals surface area contributed by atoms with E-state index in [1.807, 2.05) is 24.6 Å². The van der Waals surface area contributed by atoms with Crippen LogP contribution in [0.3, 0.4) is 0 Å². The Kier molecular flexibility index (Phi) is 3.79. The van der Waals surface area contributed by atoms with E-state index in [2.05, 4.69) is 15.5 Å². The van der Waals surface area contributed by atoms with Gasteiger partial charge in [0.1, 0.15) is 12.2 Å². The molecule has 0 saturated carbocycles. The molecule has 100 valence electrons. The van der Waals surface area contributed by atoms with E-state index in [0.29, 0.717) is 18.7 Å². The summed E-state index contributed by atoms with van der Waals surface area (Å²) in [5.41, 5.74) is 1.84. The van der Waals surface area contributed by atoms with Crippen molar-refractivity contribution in [2.45, 2.75) is 13.3 Å². The first-order valence-corrected chi connectivity index (χ1v) is 5.98. The van der Waals surface area contributed by atoms with Crippen LogP contribution in [0.2, 0.25) is 0 Å². The highest BCUT2D eigenvalue weighted by molar-refractivity contribution is 5.94. The minimum Gasteiger partial charge on any atom is -0.478 e. The van der Waals surface area contributed by atoms with Gasteiger partial charge >= 0.3 is 5.97 Å². The quantitative estimate of drug-likeness (QED) is 0.851. The van der Waals surface area contributed by atoms with Crippen LogP contribution in [0, 0.1) is 6.92 Å². The minimum atomic E-state index is -0.926. The second kappa shape index (κ2) is 5.51. The Morgan fingerprint density at radius 3 is 2.89 bits per heavy atom. The summed E-state index contributed by atoms with van der Waals surface area (Å²) in [6, 6.07) is 5.33. The van der Waals surface area contributed by atoms with Gasteiger partial charge in [0.2, 0.25) is 0 Å². The van der Waals surface area contributed by atoms with E-state index in [0.717, 1.165) is 11.4 Å². The first-order chi connectivity index (χ1) is 9.08. The van der Waals surface area contributed by atoms with Crippen molar-refractivity contribution in [3.63, 3.8) is 0 Å². The number of aryl methyl sites for hydroxylation is 2. The van der Waals surface area contributed by atoms with E-state index in [-0.39, 0.29) is 5.56 Å². The van der Waals surface area contributed by atoms with E-state index in [1.165, 1.54) is 0 Å². The molecule has 2 aromatic rings. The molecule has 0 amide bonds. The second-order valence-electron chi connectivity index (χ2n) is 4.39. The van der Waals surface area contributed by atoms with Gasteiger partial charge in [-0.2, -0.15) is 0 Å². The van der Waals surface area contributed by atoms with Crippen LogP contribution in [-0.4, -0.2) is 32.4 Å². The first kappa shape index (κ1) is 13.1. The van der Waals surface area contributed by atoms with Crippen LogP contribution in [0.25, 0.3) is 0 Å². The van der Waals surface area contributed by atoms with Crippen molar-refractivity contribution >= 4 is 11.7 Å². The predicted molar refractivity (Wildman–Crippen MR) is 71.3 cm³/mol. The van der Waals surface area contributed by atoms with E-state index >= 15 is 0 Å². The van der Waals surface area contributed by atoms with E-state index in [4.69, 9.17) is 5.11 Å². The average Bonchev–Trinajstić information content (AvgIpc) is 2.77. The van der Waals surface area contributed by atoms with Gasteiger partial charge in [-0.25, -0.2) is 4.79 Å². The van der Waals surface area contributed by atoms with Crippen molar-refractivity contribution in [1.29, 1.82) is 0 Å². The lowest BCUT2D eigenvalue weighted by molar-refractivity contribution is 0.0698. The summed E-state index contributed by atoms with van der Waals surface area (Å²) in [6.07, 6.45) is 2.33. The molecule has 0 bridgehead atoms. The minimum absolute atomic E-state index is 0.290. The van der Waals surface area contributed by atoms with Crippen LogP contribution in [-0.2, 0) is 13.5 Å². The maximum absolute atomic E-state index is 11.2. The number of hydrogen-bond donors (Lipinski definition) is 2. The summed E-state index contributed by atoms with van der Waals surface area (Å²) in [5, 5.41) is 20.0. The zero-order valence-electron chi connectivity index (χ0n) is 10.9. The van der Waals surface area contributed by atoms with Gasteiger partial charge in [-0.1, -0.05) is 11.6 Å². The summed E-state index contributed by atoms with van der Waals surface area (Å²) >= 11 is 0. The predicted octanol–water partition coefficient (Wildman–Crippen LogP) is 1.48. The van der Waals surface area contributed by atoms with Crippen LogP contribution in [0.5, 0.6) is 0 Å². The molecule has 0 aliphatic carbocycles. The summed E-state index contributed by atoms with van der Waals surface area (Å²) in [4.78, 5) is 11.2. The molecule has 0 aliphatic rings. The van der Waals surface area contributed by atoms with Crippen LogP contribution in [0.1, 0.15) is 21.7 Å². The molecule has 6 nitrogen and oxygen atoms in total. The smallest absolute Gasteiger partial charge is 0.337 e. The second-order valence-corrected chi connectivity index (χ2v) is 4.39. The fourth-order valence-corrected chi connectivity index (χ4v) is 1.83. The number of aromatic nitrogens is 3. The lowest BCUT2D eigenvalue weighted by Crippen LogP contribution is -2.11. The number of rotatable bonds is 5. The van der Waals surface area contributed by atoms with Gasteiger partial charge in [0.15, 0.2) is 0 Å². The van der Waals surface area contributed by atoms with Crippen molar-refractivity contribution in [1.82, 2.24) is 14.8 Å². The molecular weight excluding hydrogens is 244 g/mol. The highest BCUT2D eigenvalue weighted by Crippen LogP contribution is 2.17. The molecule has 19 heavy (non-hydrogen) atoms. The fourth-order valence-electron chi connectivity index (χ4n) is 1.83.